The molecule has 74 valence electrons. The van der Waals surface area contributed by atoms with Crippen LogP contribution in [0, 0.1) is 14.9 Å². The van der Waals surface area contributed by atoms with Crippen molar-refractivity contribution in [2.75, 3.05) is 5.73 Å². The normalized spacial score (nSPS) is 10.2. The van der Waals surface area contributed by atoms with Gasteiger partial charge in [0, 0.05) is 6.20 Å². The van der Waals surface area contributed by atoms with Crippen LogP contribution in [0.1, 0.15) is 17.7 Å². The minimum Gasteiger partial charge on any atom is -0.397 e. The van der Waals surface area contributed by atoms with Crippen LogP contribution in [0.5, 0.6) is 0 Å². The van der Waals surface area contributed by atoms with Crippen molar-refractivity contribution in [3.8, 4) is 6.07 Å². The lowest BCUT2D eigenvalue weighted by atomic mass is 10.1. The second-order valence-corrected chi connectivity index (χ2v) is 3.68. The predicted molar refractivity (Wildman–Crippen MR) is 55.6 cm³/mol. The summed E-state index contributed by atoms with van der Waals surface area (Å²) in [4.78, 5) is 3.76. The molecule has 0 saturated carbocycles. The van der Waals surface area contributed by atoms with E-state index in [4.69, 9.17) is 11.0 Å². The highest BCUT2D eigenvalue weighted by Crippen LogP contribution is 2.30. The Kier molecular flexibility index (Phi) is 3.57. The number of halogens is 3. The van der Waals surface area contributed by atoms with Gasteiger partial charge in [-0.3, -0.25) is 4.98 Å². The largest absolute Gasteiger partial charge is 0.397 e. The third kappa shape index (κ3) is 2.09. The SMILES string of the molecule is N#CCc1ncc(I)c(N)c1C(F)F. The van der Waals surface area contributed by atoms with Gasteiger partial charge < -0.3 is 5.73 Å². The van der Waals surface area contributed by atoms with Crippen molar-refractivity contribution < 1.29 is 8.78 Å². The maximum atomic E-state index is 12.6. The van der Waals surface area contributed by atoms with Crippen LogP contribution in [0.15, 0.2) is 6.20 Å². The molecule has 0 saturated heterocycles. The Morgan fingerprint density at radius 2 is 2.29 bits per heavy atom. The maximum absolute atomic E-state index is 12.6. The van der Waals surface area contributed by atoms with E-state index in [0.29, 0.717) is 3.57 Å². The van der Waals surface area contributed by atoms with E-state index in [1.54, 1.807) is 6.07 Å². The molecule has 0 atom stereocenters. The van der Waals surface area contributed by atoms with Crippen LogP contribution < -0.4 is 5.73 Å². The van der Waals surface area contributed by atoms with Crippen molar-refractivity contribution >= 4 is 28.3 Å². The molecule has 2 N–H and O–H groups in total. The molecule has 0 fully saturated rings. The third-order valence-corrected chi connectivity index (χ3v) is 2.52. The first-order valence-corrected chi connectivity index (χ1v) is 4.73. The van der Waals surface area contributed by atoms with E-state index in [0.717, 1.165) is 0 Å². The summed E-state index contributed by atoms with van der Waals surface area (Å²) in [5.74, 6) is 0. The van der Waals surface area contributed by atoms with Crippen LogP contribution in [0.25, 0.3) is 0 Å². The third-order valence-electron chi connectivity index (χ3n) is 1.66. The highest BCUT2D eigenvalue weighted by molar-refractivity contribution is 14.1. The smallest absolute Gasteiger partial charge is 0.267 e. The molecule has 1 aromatic heterocycles. The molecule has 0 radical (unpaired) electrons. The Labute approximate surface area is 93.1 Å². The molecular weight excluding hydrogens is 303 g/mol. The Bertz CT molecular complexity index is 387. The summed E-state index contributed by atoms with van der Waals surface area (Å²) in [7, 11) is 0. The van der Waals surface area contributed by atoms with E-state index in [1.807, 2.05) is 22.6 Å². The van der Waals surface area contributed by atoms with E-state index in [1.165, 1.54) is 6.20 Å². The van der Waals surface area contributed by atoms with Crippen LogP contribution in [0.4, 0.5) is 14.5 Å². The molecule has 1 heterocycles. The fourth-order valence-electron chi connectivity index (χ4n) is 1.02. The minimum absolute atomic E-state index is 0.0147. The van der Waals surface area contributed by atoms with Crippen LogP contribution in [-0.4, -0.2) is 4.98 Å². The van der Waals surface area contributed by atoms with Crippen LogP contribution in [0.3, 0.4) is 0 Å². The predicted octanol–water partition coefficient (Wildman–Crippen LogP) is 2.27. The number of nitrogens with zero attached hydrogens (tertiary/aromatic N) is 2. The molecule has 1 aromatic rings. The zero-order valence-corrected chi connectivity index (χ0v) is 9.12. The van der Waals surface area contributed by atoms with E-state index in [-0.39, 0.29) is 23.4 Å². The Hall–Kier alpha value is -0.970. The number of hydrogen-bond donors (Lipinski definition) is 1. The number of aromatic nitrogens is 1. The molecule has 1 rings (SSSR count). The highest BCUT2D eigenvalue weighted by atomic mass is 127. The molecule has 0 unspecified atom stereocenters. The molecule has 0 aliphatic heterocycles. The van der Waals surface area contributed by atoms with Gasteiger partial charge in [0.2, 0.25) is 0 Å². The van der Waals surface area contributed by atoms with Gasteiger partial charge in [0.05, 0.1) is 33.0 Å². The van der Waals surface area contributed by atoms with Gasteiger partial charge >= 0.3 is 0 Å². The lowest BCUT2D eigenvalue weighted by Gasteiger charge is -2.09. The van der Waals surface area contributed by atoms with E-state index < -0.39 is 6.43 Å². The second kappa shape index (κ2) is 4.50. The molecule has 0 aromatic carbocycles. The summed E-state index contributed by atoms with van der Waals surface area (Å²) < 4.78 is 25.6. The van der Waals surface area contributed by atoms with Crippen molar-refractivity contribution in [2.24, 2.45) is 0 Å². The molecule has 0 spiro atoms. The number of rotatable bonds is 2. The van der Waals surface area contributed by atoms with Gasteiger partial charge in [-0.2, -0.15) is 5.26 Å². The number of nitriles is 1. The van der Waals surface area contributed by atoms with Crippen LogP contribution in [-0.2, 0) is 6.42 Å². The number of anilines is 1. The Balaban J connectivity index is 3.31. The van der Waals surface area contributed by atoms with E-state index in [9.17, 15) is 8.78 Å². The van der Waals surface area contributed by atoms with Crippen molar-refractivity contribution in [3.05, 3.63) is 21.0 Å². The van der Waals surface area contributed by atoms with Crippen molar-refractivity contribution in [2.45, 2.75) is 12.8 Å². The number of pyridine rings is 1. The molecule has 3 nitrogen and oxygen atoms in total. The summed E-state index contributed by atoms with van der Waals surface area (Å²) in [6.45, 7) is 0. The molecule has 0 bridgehead atoms. The van der Waals surface area contributed by atoms with Crippen LogP contribution in [0.2, 0.25) is 0 Å². The summed E-state index contributed by atoms with van der Waals surface area (Å²) in [6, 6.07) is 1.77. The molecule has 0 aliphatic rings. The lowest BCUT2D eigenvalue weighted by molar-refractivity contribution is 0.150. The van der Waals surface area contributed by atoms with Crippen LogP contribution >= 0.6 is 22.6 Å². The first kappa shape index (κ1) is 11.1. The fraction of sp³-hybridized carbons (Fsp3) is 0.250. The quantitative estimate of drug-likeness (QED) is 0.853. The minimum atomic E-state index is -2.69. The first-order chi connectivity index (χ1) is 6.57. The maximum Gasteiger partial charge on any atom is 0.267 e. The number of nitrogens with two attached hydrogens (primary N) is 1. The highest BCUT2D eigenvalue weighted by Gasteiger charge is 2.19. The molecular formula is C8H6F2IN3. The topological polar surface area (TPSA) is 62.7 Å². The standard InChI is InChI=1S/C8H6F2IN3/c9-8(10)6-5(1-2-12)14-3-4(11)7(6)13/h3,8H,1H2,(H2,13,14). The molecule has 6 heteroatoms. The molecule has 14 heavy (non-hydrogen) atoms. The monoisotopic (exact) mass is 309 g/mol. The number of hydrogen-bond acceptors (Lipinski definition) is 3. The average molecular weight is 309 g/mol. The van der Waals surface area contributed by atoms with Crippen molar-refractivity contribution in [3.63, 3.8) is 0 Å². The first-order valence-electron chi connectivity index (χ1n) is 3.65. The van der Waals surface area contributed by atoms with Gasteiger partial charge in [-0.1, -0.05) is 0 Å². The Morgan fingerprint density at radius 1 is 1.64 bits per heavy atom. The van der Waals surface area contributed by atoms with E-state index >= 15 is 0 Å². The second-order valence-electron chi connectivity index (χ2n) is 2.52. The molecule has 0 aliphatic carbocycles. The van der Waals surface area contributed by atoms with Gasteiger partial charge in [-0.05, 0) is 22.6 Å². The van der Waals surface area contributed by atoms with Gasteiger partial charge in [-0.25, -0.2) is 8.78 Å². The van der Waals surface area contributed by atoms with Crippen molar-refractivity contribution in [1.29, 1.82) is 5.26 Å². The summed E-state index contributed by atoms with van der Waals surface area (Å²) >= 11 is 1.82. The number of alkyl halides is 2. The van der Waals surface area contributed by atoms with Gasteiger partial charge in [-0.15, -0.1) is 0 Å². The van der Waals surface area contributed by atoms with E-state index in [2.05, 4.69) is 4.98 Å². The lowest BCUT2D eigenvalue weighted by Crippen LogP contribution is -2.05. The zero-order chi connectivity index (χ0) is 10.7. The number of nitrogen functional groups attached to an aromatic ring is 1. The summed E-state index contributed by atoms with van der Waals surface area (Å²) in [5, 5.41) is 8.41. The summed E-state index contributed by atoms with van der Waals surface area (Å²) in [6.07, 6.45) is -1.46. The Morgan fingerprint density at radius 3 is 2.79 bits per heavy atom. The average Bonchev–Trinajstić information content (AvgIpc) is 2.11. The van der Waals surface area contributed by atoms with Gasteiger partial charge in [0.25, 0.3) is 6.43 Å². The van der Waals surface area contributed by atoms with Gasteiger partial charge in [0.1, 0.15) is 0 Å². The van der Waals surface area contributed by atoms with Crippen molar-refractivity contribution in [1.82, 2.24) is 4.98 Å². The summed E-state index contributed by atoms with van der Waals surface area (Å²) in [5.41, 5.74) is 5.23. The van der Waals surface area contributed by atoms with Gasteiger partial charge in [0.15, 0.2) is 0 Å². The fourth-order valence-corrected chi connectivity index (χ4v) is 1.45. The molecule has 0 amide bonds. The zero-order valence-electron chi connectivity index (χ0n) is 6.97.